The minimum Gasteiger partial charge on any atom is -0.394 e. The second kappa shape index (κ2) is 3.57. The Labute approximate surface area is 67.3 Å². The lowest BCUT2D eigenvalue weighted by molar-refractivity contribution is 0.190. The van der Waals surface area contributed by atoms with Crippen molar-refractivity contribution >= 4 is 5.96 Å². The van der Waals surface area contributed by atoms with Crippen molar-refractivity contribution in [1.82, 2.24) is 0 Å². The van der Waals surface area contributed by atoms with E-state index in [1.807, 2.05) is 20.8 Å². The largest absolute Gasteiger partial charge is 0.394 e. The van der Waals surface area contributed by atoms with Gasteiger partial charge in [0.2, 0.25) is 0 Å². The third-order valence-corrected chi connectivity index (χ3v) is 1.48. The molecule has 0 aliphatic heterocycles. The molecule has 66 valence electrons. The molecule has 5 N–H and O–H groups in total. The Bertz CT molecular complexity index is 144. The molecule has 1 unspecified atom stereocenters. The van der Waals surface area contributed by atoms with Crippen LogP contribution in [0, 0.1) is 5.41 Å². The van der Waals surface area contributed by atoms with Crippen LogP contribution >= 0.6 is 0 Å². The molecule has 0 aromatic rings. The van der Waals surface area contributed by atoms with E-state index in [4.69, 9.17) is 16.6 Å². The molecule has 0 bridgehead atoms. The molecule has 4 heteroatoms. The van der Waals surface area contributed by atoms with Gasteiger partial charge in [-0.05, 0) is 5.41 Å². The molecular weight excluding hydrogens is 142 g/mol. The summed E-state index contributed by atoms with van der Waals surface area (Å²) in [7, 11) is 0. The van der Waals surface area contributed by atoms with Crippen LogP contribution in [-0.2, 0) is 0 Å². The topological polar surface area (TPSA) is 84.6 Å². The molecule has 4 nitrogen and oxygen atoms in total. The van der Waals surface area contributed by atoms with Gasteiger partial charge in [-0.2, -0.15) is 0 Å². The zero-order valence-electron chi connectivity index (χ0n) is 7.33. The Hall–Kier alpha value is -0.770. The van der Waals surface area contributed by atoms with E-state index in [2.05, 4.69) is 4.99 Å². The molecule has 1 atom stereocenters. The zero-order valence-corrected chi connectivity index (χ0v) is 7.33. The zero-order chi connectivity index (χ0) is 9.07. The normalized spacial score (nSPS) is 14.2. The van der Waals surface area contributed by atoms with Crippen LogP contribution < -0.4 is 11.5 Å². The van der Waals surface area contributed by atoms with Crippen molar-refractivity contribution in [2.45, 2.75) is 26.8 Å². The van der Waals surface area contributed by atoms with Crippen molar-refractivity contribution in [3.05, 3.63) is 0 Å². The van der Waals surface area contributed by atoms with Crippen LogP contribution in [0.3, 0.4) is 0 Å². The minimum absolute atomic E-state index is 0.0264. The van der Waals surface area contributed by atoms with Gasteiger partial charge in [-0.1, -0.05) is 20.8 Å². The third-order valence-electron chi connectivity index (χ3n) is 1.48. The lowest BCUT2D eigenvalue weighted by Crippen LogP contribution is -2.33. The summed E-state index contributed by atoms with van der Waals surface area (Å²) in [5.74, 6) is 0.0268. The van der Waals surface area contributed by atoms with Crippen LogP contribution in [0.1, 0.15) is 20.8 Å². The molecule has 0 aromatic heterocycles. The van der Waals surface area contributed by atoms with Gasteiger partial charge >= 0.3 is 0 Å². The number of aliphatic imine (C=N–C) groups is 1. The second-order valence-electron chi connectivity index (χ2n) is 3.62. The lowest BCUT2D eigenvalue weighted by atomic mass is 9.88. The van der Waals surface area contributed by atoms with Crippen molar-refractivity contribution < 1.29 is 5.11 Å². The highest BCUT2D eigenvalue weighted by molar-refractivity contribution is 5.75. The molecule has 0 rings (SSSR count). The van der Waals surface area contributed by atoms with Gasteiger partial charge in [-0.15, -0.1) is 0 Å². The van der Waals surface area contributed by atoms with Crippen molar-refractivity contribution in [2.24, 2.45) is 21.9 Å². The predicted octanol–water partition coefficient (Wildman–Crippen LogP) is -0.333. The molecule has 0 fully saturated rings. The average molecular weight is 159 g/mol. The van der Waals surface area contributed by atoms with E-state index in [0.29, 0.717) is 0 Å². The minimum atomic E-state index is -0.215. The van der Waals surface area contributed by atoms with Crippen LogP contribution in [0.25, 0.3) is 0 Å². The van der Waals surface area contributed by atoms with Crippen LogP contribution in [0.4, 0.5) is 0 Å². The first-order chi connectivity index (χ1) is 4.88. The van der Waals surface area contributed by atoms with Gasteiger partial charge in [0.1, 0.15) is 0 Å². The van der Waals surface area contributed by atoms with Gasteiger partial charge in [-0.3, -0.25) is 0 Å². The Morgan fingerprint density at radius 2 is 1.91 bits per heavy atom. The van der Waals surface area contributed by atoms with Crippen LogP contribution in [-0.4, -0.2) is 23.7 Å². The second-order valence-corrected chi connectivity index (χ2v) is 3.62. The molecule has 0 amide bonds. The van der Waals surface area contributed by atoms with Crippen LogP contribution in [0.5, 0.6) is 0 Å². The van der Waals surface area contributed by atoms with E-state index in [1.165, 1.54) is 0 Å². The summed E-state index contributed by atoms with van der Waals surface area (Å²) in [5.41, 5.74) is 10.3. The van der Waals surface area contributed by atoms with Crippen LogP contribution in [0.2, 0.25) is 0 Å². The van der Waals surface area contributed by atoms with E-state index in [-0.39, 0.29) is 24.0 Å². The maximum absolute atomic E-state index is 8.89. The molecule has 0 saturated carbocycles. The van der Waals surface area contributed by atoms with E-state index < -0.39 is 0 Å². The number of nitrogens with two attached hydrogens (primary N) is 2. The van der Waals surface area contributed by atoms with E-state index >= 15 is 0 Å². The van der Waals surface area contributed by atoms with Crippen molar-refractivity contribution in [3.63, 3.8) is 0 Å². The van der Waals surface area contributed by atoms with Gasteiger partial charge in [0.05, 0.1) is 12.6 Å². The number of rotatable bonds is 2. The van der Waals surface area contributed by atoms with Gasteiger partial charge in [0.25, 0.3) is 0 Å². The first-order valence-corrected chi connectivity index (χ1v) is 3.57. The fourth-order valence-corrected chi connectivity index (χ4v) is 0.688. The first-order valence-electron chi connectivity index (χ1n) is 3.57. The fourth-order valence-electron chi connectivity index (χ4n) is 0.688. The molecule has 0 aromatic carbocycles. The number of hydrogen-bond acceptors (Lipinski definition) is 2. The highest BCUT2D eigenvalue weighted by Crippen LogP contribution is 2.21. The van der Waals surface area contributed by atoms with Gasteiger partial charge in [0.15, 0.2) is 5.96 Å². The third kappa shape index (κ3) is 3.83. The van der Waals surface area contributed by atoms with Crippen LogP contribution in [0.15, 0.2) is 4.99 Å². The van der Waals surface area contributed by atoms with Gasteiger partial charge in [-0.25, -0.2) is 4.99 Å². The Morgan fingerprint density at radius 3 is 2.00 bits per heavy atom. The van der Waals surface area contributed by atoms with Crippen molar-refractivity contribution in [3.8, 4) is 0 Å². The number of guanidine groups is 1. The standard InChI is InChI=1S/C7H17N3O/c1-7(2,3)5(4-11)10-6(8)9/h5,11H,4H2,1-3H3,(H4,8,9,10). The number of hydrogen-bond donors (Lipinski definition) is 3. The maximum Gasteiger partial charge on any atom is 0.186 e. The Kier molecular flexibility index (Phi) is 3.32. The average Bonchev–Trinajstić information content (AvgIpc) is 1.79. The monoisotopic (exact) mass is 159 g/mol. The summed E-state index contributed by atoms with van der Waals surface area (Å²) in [6, 6.07) is -0.215. The Balaban J connectivity index is 4.31. The summed E-state index contributed by atoms with van der Waals surface area (Å²) in [6.07, 6.45) is 0. The maximum atomic E-state index is 8.89. The van der Waals surface area contributed by atoms with E-state index in [0.717, 1.165) is 0 Å². The van der Waals surface area contributed by atoms with Gasteiger partial charge in [0, 0.05) is 0 Å². The fraction of sp³-hybridized carbons (Fsp3) is 0.857. The van der Waals surface area contributed by atoms with E-state index in [1.54, 1.807) is 0 Å². The van der Waals surface area contributed by atoms with E-state index in [9.17, 15) is 0 Å². The molecular formula is C7H17N3O. The molecule has 0 aliphatic carbocycles. The SMILES string of the molecule is CC(C)(C)C(CO)N=C(N)N. The van der Waals surface area contributed by atoms with Crippen molar-refractivity contribution in [1.29, 1.82) is 0 Å². The quantitative estimate of drug-likeness (QED) is 0.381. The summed E-state index contributed by atoms with van der Waals surface area (Å²) in [4.78, 5) is 3.89. The number of nitrogens with zero attached hydrogens (tertiary/aromatic N) is 1. The molecule has 11 heavy (non-hydrogen) atoms. The molecule has 0 spiro atoms. The number of aliphatic hydroxyl groups is 1. The van der Waals surface area contributed by atoms with Crippen molar-refractivity contribution in [2.75, 3.05) is 6.61 Å². The predicted molar refractivity (Wildman–Crippen MR) is 46.1 cm³/mol. The summed E-state index contributed by atoms with van der Waals surface area (Å²) in [6.45, 7) is 5.89. The Morgan fingerprint density at radius 1 is 1.45 bits per heavy atom. The highest BCUT2D eigenvalue weighted by Gasteiger charge is 2.22. The summed E-state index contributed by atoms with van der Waals surface area (Å²) >= 11 is 0. The summed E-state index contributed by atoms with van der Waals surface area (Å²) < 4.78 is 0. The number of aliphatic hydroxyl groups excluding tert-OH is 1. The molecule has 0 aliphatic rings. The molecule has 0 radical (unpaired) electrons. The lowest BCUT2D eigenvalue weighted by Gasteiger charge is -2.25. The summed E-state index contributed by atoms with van der Waals surface area (Å²) in [5, 5.41) is 8.89. The molecule has 0 heterocycles. The van der Waals surface area contributed by atoms with Gasteiger partial charge < -0.3 is 16.6 Å². The highest BCUT2D eigenvalue weighted by atomic mass is 16.3. The first kappa shape index (κ1) is 10.2. The molecule has 0 saturated heterocycles. The smallest absolute Gasteiger partial charge is 0.186 e.